The van der Waals surface area contributed by atoms with Gasteiger partial charge in [-0.1, -0.05) is 13.8 Å². The number of hydrogen-bond acceptors (Lipinski definition) is 4. The summed E-state index contributed by atoms with van der Waals surface area (Å²) >= 11 is 1.87. The van der Waals surface area contributed by atoms with Crippen LogP contribution in [0, 0.1) is 6.92 Å². The van der Waals surface area contributed by atoms with Gasteiger partial charge in [0.1, 0.15) is 0 Å². The van der Waals surface area contributed by atoms with Gasteiger partial charge in [0.15, 0.2) is 5.79 Å². The Labute approximate surface area is 160 Å². The highest BCUT2D eigenvalue weighted by Gasteiger charge is 2.41. The number of carbonyl (C=O) groups excluding carboxylic acids is 1. The Hall–Kier alpha value is -1.24. The average Bonchev–Trinajstić information content (AvgIpc) is 3.04. The molecular weight excluding hydrogens is 348 g/mol. The molecule has 6 heteroatoms. The first kappa shape index (κ1) is 19.5. The van der Waals surface area contributed by atoms with Gasteiger partial charge in [-0.05, 0) is 49.9 Å². The molecule has 0 bridgehead atoms. The normalized spacial score (nSPS) is 23.0. The minimum absolute atomic E-state index is 0.0855. The highest BCUT2D eigenvalue weighted by atomic mass is 32.2. The first-order valence-corrected chi connectivity index (χ1v) is 10.5. The van der Waals surface area contributed by atoms with E-state index in [9.17, 15) is 4.79 Å². The van der Waals surface area contributed by atoms with Crippen LogP contribution in [0.3, 0.4) is 0 Å². The van der Waals surface area contributed by atoms with Gasteiger partial charge in [-0.3, -0.25) is 0 Å². The molecule has 2 aliphatic rings. The molecule has 0 radical (unpaired) electrons. The van der Waals surface area contributed by atoms with Crippen LogP contribution in [0.2, 0.25) is 0 Å². The summed E-state index contributed by atoms with van der Waals surface area (Å²) in [6.45, 7) is 7.76. The highest BCUT2D eigenvalue weighted by molar-refractivity contribution is 7.99. The fraction of sp³-hybridized carbons (Fsp3) is 0.650. The lowest BCUT2D eigenvalue weighted by Crippen LogP contribution is -2.47. The highest BCUT2D eigenvalue weighted by Crippen LogP contribution is 2.36. The van der Waals surface area contributed by atoms with Crippen LogP contribution >= 0.6 is 11.8 Å². The van der Waals surface area contributed by atoms with Crippen molar-refractivity contribution in [2.75, 3.05) is 18.5 Å². The molecule has 1 saturated heterocycles. The Balaban J connectivity index is 1.54. The van der Waals surface area contributed by atoms with Crippen molar-refractivity contribution < 1.29 is 14.3 Å². The molecule has 0 aromatic heterocycles. The van der Waals surface area contributed by atoms with Gasteiger partial charge in [0.25, 0.3) is 0 Å². The third-order valence-corrected chi connectivity index (χ3v) is 6.44. The van der Waals surface area contributed by atoms with Gasteiger partial charge in [0.05, 0.1) is 13.2 Å². The Bertz CT molecular complexity index is 631. The molecule has 1 aromatic carbocycles. The number of rotatable bonds is 5. The number of nitrogens with one attached hydrogen (secondary N) is 2. The van der Waals surface area contributed by atoms with Crippen molar-refractivity contribution in [2.24, 2.45) is 0 Å². The largest absolute Gasteiger partial charge is 0.347 e. The molecule has 1 aliphatic carbocycles. The third kappa shape index (κ3) is 4.93. The zero-order chi connectivity index (χ0) is 18.6. The van der Waals surface area contributed by atoms with Crippen molar-refractivity contribution in [3.05, 3.63) is 23.8 Å². The monoisotopic (exact) mass is 378 g/mol. The summed E-state index contributed by atoms with van der Waals surface area (Å²) in [6, 6.07) is 6.14. The molecule has 2 atom stereocenters. The van der Waals surface area contributed by atoms with Gasteiger partial charge >= 0.3 is 6.03 Å². The topological polar surface area (TPSA) is 59.6 Å². The van der Waals surface area contributed by atoms with Crippen LogP contribution in [-0.2, 0) is 9.47 Å². The maximum absolute atomic E-state index is 12.4. The summed E-state index contributed by atoms with van der Waals surface area (Å²) in [5.74, 6) is -0.471. The number of amides is 2. The molecule has 1 saturated carbocycles. The van der Waals surface area contributed by atoms with E-state index in [1.165, 1.54) is 4.90 Å². The number of benzene rings is 1. The van der Waals surface area contributed by atoms with Gasteiger partial charge < -0.3 is 20.1 Å². The lowest BCUT2D eigenvalue weighted by atomic mass is 9.90. The number of thioether (sulfide) groups is 1. The fourth-order valence-electron chi connectivity index (χ4n) is 3.59. The van der Waals surface area contributed by atoms with Gasteiger partial charge in [-0.2, -0.15) is 0 Å². The Kier molecular flexibility index (Phi) is 6.48. The van der Waals surface area contributed by atoms with Gasteiger partial charge in [-0.25, -0.2) is 4.79 Å². The number of carbonyl (C=O) groups is 1. The van der Waals surface area contributed by atoms with Crippen LogP contribution in [0.15, 0.2) is 23.1 Å². The van der Waals surface area contributed by atoms with E-state index >= 15 is 0 Å². The van der Waals surface area contributed by atoms with Crippen LogP contribution in [0.4, 0.5) is 10.5 Å². The summed E-state index contributed by atoms with van der Waals surface area (Å²) in [4.78, 5) is 13.7. The standard InChI is InChI=1S/C20H30N2O3S/c1-4-15(3)26-17-7-8-18(14(2)12-17)22-19(23)21-16-6-5-9-20(13-16)24-10-11-25-20/h7-8,12,15-16H,4-6,9-11,13H2,1-3H3,(H2,21,22,23)/t15-,16-/m0/s1. The molecule has 0 unspecified atom stereocenters. The lowest BCUT2D eigenvalue weighted by molar-refractivity contribution is -0.180. The molecule has 1 heterocycles. The van der Waals surface area contributed by atoms with E-state index in [2.05, 4.69) is 36.6 Å². The molecule has 2 amide bonds. The summed E-state index contributed by atoms with van der Waals surface area (Å²) in [7, 11) is 0. The number of aryl methyl sites for hydroxylation is 1. The Morgan fingerprint density at radius 1 is 1.38 bits per heavy atom. The SMILES string of the molecule is CC[C@H](C)Sc1ccc(NC(=O)N[C@H]2CCCC3(C2)OCCO3)c(C)c1. The predicted octanol–water partition coefficient (Wildman–Crippen LogP) is 4.69. The van der Waals surface area contributed by atoms with E-state index in [0.29, 0.717) is 18.5 Å². The first-order chi connectivity index (χ1) is 12.5. The zero-order valence-electron chi connectivity index (χ0n) is 16.0. The maximum atomic E-state index is 12.4. The molecule has 2 fully saturated rings. The summed E-state index contributed by atoms with van der Waals surface area (Å²) in [6.07, 6.45) is 4.75. The molecule has 2 N–H and O–H groups in total. The van der Waals surface area contributed by atoms with Crippen molar-refractivity contribution in [2.45, 2.75) is 74.8 Å². The van der Waals surface area contributed by atoms with Gasteiger partial charge in [0.2, 0.25) is 0 Å². The molecule has 26 heavy (non-hydrogen) atoms. The summed E-state index contributed by atoms with van der Waals surface area (Å²) in [5, 5.41) is 6.67. The first-order valence-electron chi connectivity index (χ1n) is 9.62. The number of hydrogen-bond donors (Lipinski definition) is 2. The van der Waals surface area contributed by atoms with Crippen LogP contribution < -0.4 is 10.6 Å². The van der Waals surface area contributed by atoms with Gasteiger partial charge in [0, 0.05) is 34.7 Å². The summed E-state index contributed by atoms with van der Waals surface area (Å²) < 4.78 is 11.6. The molecule has 3 rings (SSSR count). The average molecular weight is 379 g/mol. The minimum atomic E-state index is -0.471. The van der Waals surface area contributed by atoms with Crippen molar-refractivity contribution in [3.63, 3.8) is 0 Å². The van der Waals surface area contributed by atoms with Crippen LogP contribution in [0.5, 0.6) is 0 Å². The van der Waals surface area contributed by atoms with Crippen molar-refractivity contribution in [1.82, 2.24) is 5.32 Å². The lowest BCUT2D eigenvalue weighted by Gasteiger charge is -2.36. The second-order valence-corrected chi connectivity index (χ2v) is 8.82. The molecule has 1 aromatic rings. The number of urea groups is 1. The quantitative estimate of drug-likeness (QED) is 0.730. The molecule has 1 spiro atoms. The fourth-order valence-corrected chi connectivity index (χ4v) is 4.61. The van der Waals surface area contributed by atoms with Gasteiger partial charge in [-0.15, -0.1) is 11.8 Å². The Morgan fingerprint density at radius 2 is 2.15 bits per heavy atom. The zero-order valence-corrected chi connectivity index (χ0v) is 16.8. The predicted molar refractivity (Wildman–Crippen MR) is 106 cm³/mol. The number of anilines is 1. The number of ether oxygens (including phenoxy) is 2. The van der Waals surface area contributed by atoms with E-state index in [1.54, 1.807) is 0 Å². The second-order valence-electron chi connectivity index (χ2n) is 7.31. The molecular formula is C20H30N2O3S. The van der Waals surface area contributed by atoms with E-state index < -0.39 is 5.79 Å². The molecule has 1 aliphatic heterocycles. The van der Waals surface area contributed by atoms with E-state index in [4.69, 9.17) is 9.47 Å². The van der Waals surface area contributed by atoms with Crippen LogP contribution in [0.1, 0.15) is 51.5 Å². The van der Waals surface area contributed by atoms with Crippen molar-refractivity contribution >= 4 is 23.5 Å². The Morgan fingerprint density at radius 3 is 2.85 bits per heavy atom. The van der Waals surface area contributed by atoms with Crippen LogP contribution in [0.25, 0.3) is 0 Å². The minimum Gasteiger partial charge on any atom is -0.347 e. The third-order valence-electron chi connectivity index (χ3n) is 5.17. The second kappa shape index (κ2) is 8.63. The van der Waals surface area contributed by atoms with E-state index in [1.807, 2.05) is 24.8 Å². The molecule has 5 nitrogen and oxygen atoms in total. The van der Waals surface area contributed by atoms with E-state index in [0.717, 1.165) is 43.4 Å². The van der Waals surface area contributed by atoms with E-state index in [-0.39, 0.29) is 12.1 Å². The van der Waals surface area contributed by atoms with Crippen molar-refractivity contribution in [3.8, 4) is 0 Å². The van der Waals surface area contributed by atoms with Crippen molar-refractivity contribution in [1.29, 1.82) is 0 Å². The smallest absolute Gasteiger partial charge is 0.319 e. The summed E-state index contributed by atoms with van der Waals surface area (Å²) in [5.41, 5.74) is 1.94. The van der Waals surface area contributed by atoms with Crippen LogP contribution in [-0.4, -0.2) is 36.3 Å². The maximum Gasteiger partial charge on any atom is 0.319 e. The molecule has 144 valence electrons.